The number of hydrogen-bond donors (Lipinski definition) is 3. The Kier molecular flexibility index (Phi) is 6.88. The molecule has 0 spiro atoms. The average Bonchev–Trinajstić information content (AvgIpc) is 2.81. The molecule has 1 aromatic carbocycles. The van der Waals surface area contributed by atoms with E-state index in [0.717, 1.165) is 11.4 Å². The summed E-state index contributed by atoms with van der Waals surface area (Å²) in [6.45, 7) is 4.48. The fraction of sp³-hybridized carbons (Fsp3) is 0.250. The maximum atomic E-state index is 12.2. The van der Waals surface area contributed by atoms with E-state index in [0.29, 0.717) is 48.5 Å². The predicted octanol–water partition coefficient (Wildman–Crippen LogP) is 2.02. The minimum Gasteiger partial charge on any atom is -0.378 e. The van der Waals surface area contributed by atoms with Gasteiger partial charge < -0.3 is 15.0 Å². The quantitative estimate of drug-likeness (QED) is 0.440. The molecule has 3 aromatic rings. The van der Waals surface area contributed by atoms with Crippen molar-refractivity contribution < 1.29 is 17.9 Å². The topological polar surface area (TPSA) is 165 Å². The molecular formula is C20H21ClN8O4S. The summed E-state index contributed by atoms with van der Waals surface area (Å²) in [4.78, 5) is 31.5. The van der Waals surface area contributed by atoms with E-state index in [9.17, 15) is 13.2 Å². The molecule has 0 aliphatic carbocycles. The van der Waals surface area contributed by atoms with E-state index in [4.69, 9.17) is 21.5 Å². The third-order valence-corrected chi connectivity index (χ3v) is 6.24. The van der Waals surface area contributed by atoms with Gasteiger partial charge in [-0.3, -0.25) is 5.32 Å². The Morgan fingerprint density at radius 1 is 1.09 bits per heavy atom. The van der Waals surface area contributed by atoms with Gasteiger partial charge in [-0.05, 0) is 31.2 Å². The van der Waals surface area contributed by atoms with E-state index >= 15 is 0 Å². The number of morpholine rings is 1. The summed E-state index contributed by atoms with van der Waals surface area (Å²) in [5.74, 6) is 1.14. The van der Waals surface area contributed by atoms with Crippen LogP contribution < -0.4 is 20.7 Å². The first-order valence-electron chi connectivity index (χ1n) is 10.1. The summed E-state index contributed by atoms with van der Waals surface area (Å²) >= 11 is 6.34. The molecule has 0 saturated carbocycles. The third-order valence-electron chi connectivity index (χ3n) is 4.95. The van der Waals surface area contributed by atoms with Crippen molar-refractivity contribution in [2.75, 3.05) is 41.8 Å². The molecule has 4 N–H and O–H groups in total. The molecule has 2 aromatic heterocycles. The molecule has 0 atom stereocenters. The van der Waals surface area contributed by atoms with Crippen LogP contribution in [0.4, 0.5) is 22.2 Å². The van der Waals surface area contributed by atoms with Crippen molar-refractivity contribution >= 4 is 45.1 Å². The number of aromatic nitrogens is 4. The van der Waals surface area contributed by atoms with Gasteiger partial charge in [0.05, 0.1) is 23.7 Å². The molecule has 0 unspecified atom stereocenters. The first-order chi connectivity index (χ1) is 16.2. The standard InChI is InChI=1S/C20H21ClN8O4S/c1-12-16(21)26-17(27-18(12)29-6-8-33-9-7-29)13-10-23-19(24-11-13)28-20(30)25-14-2-4-15(5-3-14)34(22,31)32/h2-5,10-11H,6-9H2,1H3,(H2,22,31,32)(H2,23,24,25,28,30). The lowest BCUT2D eigenvalue weighted by Gasteiger charge is -2.29. The second-order valence-electron chi connectivity index (χ2n) is 7.33. The van der Waals surface area contributed by atoms with Gasteiger partial charge in [0, 0.05) is 36.7 Å². The highest BCUT2D eigenvalue weighted by Gasteiger charge is 2.19. The molecular weight excluding hydrogens is 484 g/mol. The fourth-order valence-electron chi connectivity index (χ4n) is 3.19. The van der Waals surface area contributed by atoms with Gasteiger partial charge in [0.15, 0.2) is 5.82 Å². The summed E-state index contributed by atoms with van der Waals surface area (Å²) in [6.07, 6.45) is 2.96. The van der Waals surface area contributed by atoms with E-state index in [1.807, 2.05) is 6.92 Å². The van der Waals surface area contributed by atoms with Crippen molar-refractivity contribution in [3.05, 3.63) is 47.4 Å². The Hall–Kier alpha value is -3.39. The number of carbonyl (C=O) groups excluding carboxylic acids is 1. The van der Waals surface area contributed by atoms with Gasteiger partial charge in [0.1, 0.15) is 11.0 Å². The molecule has 2 amide bonds. The van der Waals surface area contributed by atoms with Crippen LogP contribution in [-0.4, -0.2) is 60.7 Å². The molecule has 34 heavy (non-hydrogen) atoms. The number of benzene rings is 1. The van der Waals surface area contributed by atoms with Crippen LogP contribution in [0.2, 0.25) is 5.15 Å². The maximum absolute atomic E-state index is 12.2. The molecule has 1 aliphatic heterocycles. The van der Waals surface area contributed by atoms with E-state index in [1.165, 1.54) is 36.7 Å². The number of ether oxygens (including phenoxy) is 1. The fourth-order valence-corrected chi connectivity index (χ4v) is 3.87. The Labute approximate surface area is 200 Å². The number of nitrogens with two attached hydrogens (primary N) is 1. The second-order valence-corrected chi connectivity index (χ2v) is 9.25. The maximum Gasteiger partial charge on any atom is 0.326 e. The number of nitrogens with one attached hydrogen (secondary N) is 2. The Morgan fingerprint density at radius 3 is 2.35 bits per heavy atom. The largest absolute Gasteiger partial charge is 0.378 e. The molecule has 0 radical (unpaired) electrons. The molecule has 1 aliphatic rings. The molecule has 3 heterocycles. The van der Waals surface area contributed by atoms with Gasteiger partial charge >= 0.3 is 6.03 Å². The Morgan fingerprint density at radius 2 is 1.74 bits per heavy atom. The number of nitrogens with zero attached hydrogens (tertiary/aromatic N) is 5. The lowest BCUT2D eigenvalue weighted by molar-refractivity contribution is 0.122. The van der Waals surface area contributed by atoms with Crippen LogP contribution in [0.3, 0.4) is 0 Å². The van der Waals surface area contributed by atoms with Gasteiger partial charge in [-0.25, -0.2) is 38.3 Å². The molecule has 178 valence electrons. The van der Waals surface area contributed by atoms with Crippen molar-refractivity contribution in [2.24, 2.45) is 5.14 Å². The molecule has 0 bridgehead atoms. The minimum atomic E-state index is -3.81. The van der Waals surface area contributed by atoms with Crippen LogP contribution in [0.15, 0.2) is 41.6 Å². The zero-order valence-electron chi connectivity index (χ0n) is 18.0. The van der Waals surface area contributed by atoms with Crippen molar-refractivity contribution in [3.8, 4) is 11.4 Å². The number of amides is 2. The Bertz CT molecular complexity index is 1300. The van der Waals surface area contributed by atoms with Crippen LogP contribution in [-0.2, 0) is 14.8 Å². The van der Waals surface area contributed by atoms with Crippen molar-refractivity contribution in [1.29, 1.82) is 0 Å². The lowest BCUT2D eigenvalue weighted by Crippen LogP contribution is -2.37. The number of anilines is 3. The van der Waals surface area contributed by atoms with Crippen LogP contribution in [0.25, 0.3) is 11.4 Å². The highest BCUT2D eigenvalue weighted by Crippen LogP contribution is 2.27. The van der Waals surface area contributed by atoms with E-state index in [2.05, 4.69) is 35.5 Å². The molecule has 1 saturated heterocycles. The van der Waals surface area contributed by atoms with Gasteiger partial charge in [-0.2, -0.15) is 0 Å². The number of sulfonamides is 1. The van der Waals surface area contributed by atoms with Gasteiger partial charge in [-0.15, -0.1) is 0 Å². The van der Waals surface area contributed by atoms with Gasteiger partial charge in [0.2, 0.25) is 16.0 Å². The SMILES string of the molecule is Cc1c(Cl)nc(-c2cnc(NC(=O)Nc3ccc(S(N)(=O)=O)cc3)nc2)nc1N1CCOCC1. The lowest BCUT2D eigenvalue weighted by atomic mass is 10.2. The highest BCUT2D eigenvalue weighted by molar-refractivity contribution is 7.89. The zero-order chi connectivity index (χ0) is 24.3. The first-order valence-corrected chi connectivity index (χ1v) is 12.0. The van der Waals surface area contributed by atoms with E-state index in [-0.39, 0.29) is 10.8 Å². The average molecular weight is 505 g/mol. The zero-order valence-corrected chi connectivity index (χ0v) is 19.6. The Balaban J connectivity index is 1.45. The summed E-state index contributed by atoms with van der Waals surface area (Å²) in [6, 6.07) is 4.78. The monoisotopic (exact) mass is 504 g/mol. The number of primary sulfonamides is 1. The molecule has 4 rings (SSSR count). The molecule has 14 heteroatoms. The number of hydrogen-bond acceptors (Lipinski definition) is 9. The van der Waals surface area contributed by atoms with Crippen LogP contribution in [0.1, 0.15) is 5.56 Å². The number of rotatable bonds is 5. The summed E-state index contributed by atoms with van der Waals surface area (Å²) in [5.41, 5.74) is 1.67. The summed E-state index contributed by atoms with van der Waals surface area (Å²) in [7, 11) is -3.81. The first kappa shape index (κ1) is 23.8. The molecule has 1 fully saturated rings. The highest BCUT2D eigenvalue weighted by atomic mass is 35.5. The normalized spacial score (nSPS) is 14.0. The second kappa shape index (κ2) is 9.85. The number of carbonyl (C=O) groups is 1. The van der Waals surface area contributed by atoms with Crippen molar-refractivity contribution in [1.82, 2.24) is 19.9 Å². The number of urea groups is 1. The van der Waals surface area contributed by atoms with Crippen LogP contribution in [0, 0.1) is 6.92 Å². The third kappa shape index (κ3) is 5.56. The van der Waals surface area contributed by atoms with E-state index in [1.54, 1.807) is 0 Å². The summed E-state index contributed by atoms with van der Waals surface area (Å²) < 4.78 is 28.0. The van der Waals surface area contributed by atoms with E-state index < -0.39 is 16.1 Å². The number of halogens is 1. The minimum absolute atomic E-state index is 0.0500. The van der Waals surface area contributed by atoms with Gasteiger partial charge in [0.25, 0.3) is 0 Å². The molecule has 12 nitrogen and oxygen atoms in total. The van der Waals surface area contributed by atoms with Crippen LogP contribution >= 0.6 is 11.6 Å². The summed E-state index contributed by atoms with van der Waals surface area (Å²) in [5, 5.41) is 10.4. The smallest absolute Gasteiger partial charge is 0.326 e. The van der Waals surface area contributed by atoms with Crippen molar-refractivity contribution in [3.63, 3.8) is 0 Å². The predicted molar refractivity (Wildman–Crippen MR) is 126 cm³/mol. The van der Waals surface area contributed by atoms with Crippen LogP contribution in [0.5, 0.6) is 0 Å². The van der Waals surface area contributed by atoms with Crippen molar-refractivity contribution in [2.45, 2.75) is 11.8 Å². The van der Waals surface area contributed by atoms with Gasteiger partial charge in [-0.1, -0.05) is 11.6 Å².